The minimum atomic E-state index is -4.34. The van der Waals surface area contributed by atoms with E-state index in [-0.39, 0.29) is 29.6 Å². The van der Waals surface area contributed by atoms with E-state index in [0.717, 1.165) is 24.9 Å². The van der Waals surface area contributed by atoms with E-state index < -0.39 is 26.1 Å². The van der Waals surface area contributed by atoms with Gasteiger partial charge >= 0.3 is 238 Å². The molecule has 0 radical (unpaired) electrons. The van der Waals surface area contributed by atoms with Crippen LogP contribution in [0.2, 0.25) is 0 Å². The van der Waals surface area contributed by atoms with Crippen molar-refractivity contribution in [3.8, 4) is 17.6 Å². The van der Waals surface area contributed by atoms with Crippen LogP contribution in [-0.4, -0.2) is 91.8 Å². The Morgan fingerprint density at radius 1 is 1.19 bits per heavy atom. The van der Waals surface area contributed by atoms with E-state index in [1.165, 1.54) is 13.5 Å². The van der Waals surface area contributed by atoms with Crippen LogP contribution in [0, 0.1) is 11.8 Å². The van der Waals surface area contributed by atoms with Gasteiger partial charge in [0, 0.05) is 0 Å². The number of hydrogen-bond donors (Lipinski definition) is 4. The van der Waals surface area contributed by atoms with Crippen LogP contribution >= 0.6 is 0 Å². The minimum absolute atomic E-state index is 0.113. The van der Waals surface area contributed by atoms with E-state index in [1.807, 2.05) is 6.07 Å². The maximum absolute atomic E-state index is 13.7. The molecule has 2 aromatic heterocycles. The van der Waals surface area contributed by atoms with Gasteiger partial charge in [0.25, 0.3) is 0 Å². The van der Waals surface area contributed by atoms with Crippen molar-refractivity contribution in [1.29, 1.82) is 0 Å². The average molecular weight is 663 g/mol. The molecule has 3 aromatic rings. The van der Waals surface area contributed by atoms with Crippen LogP contribution in [0.15, 0.2) is 42.6 Å². The van der Waals surface area contributed by atoms with E-state index in [4.69, 9.17) is 4.74 Å². The van der Waals surface area contributed by atoms with E-state index in [9.17, 15) is 23.1 Å². The van der Waals surface area contributed by atoms with Gasteiger partial charge in [0.1, 0.15) is 0 Å². The number of hydrogen-bond acceptors (Lipinski definition) is 6. The Morgan fingerprint density at radius 3 is 2.72 bits per heavy atom. The molecule has 0 saturated carbocycles. The molecule has 2 fully saturated rings. The first-order chi connectivity index (χ1) is 20.5. The number of rotatable bonds is 9. The van der Waals surface area contributed by atoms with Gasteiger partial charge in [-0.3, -0.25) is 0 Å². The van der Waals surface area contributed by atoms with Gasteiger partial charge in [-0.25, -0.2) is 0 Å². The fourth-order valence-electron chi connectivity index (χ4n) is 6.01. The summed E-state index contributed by atoms with van der Waals surface area (Å²) in [5.41, 5.74) is 2.71. The molecule has 0 aliphatic carbocycles. The summed E-state index contributed by atoms with van der Waals surface area (Å²) in [6.45, 7) is 1.80. The summed E-state index contributed by atoms with van der Waals surface area (Å²) in [7, 11) is 3.66. The molecule has 4 N–H and O–H groups in total. The second kappa shape index (κ2) is 13.1. The van der Waals surface area contributed by atoms with E-state index >= 15 is 0 Å². The number of methoxy groups -OCH3 is 1. The van der Waals surface area contributed by atoms with Crippen molar-refractivity contribution in [3.63, 3.8) is 0 Å². The number of carbonyl (C=O) groups excluding carboxylic acids is 1. The predicted molar refractivity (Wildman–Crippen MR) is 162 cm³/mol. The standard InChI is InChI=1S/C31H36F3N5O3Se/c1-19(40)18-36-29(41)20-8-13-28(42-3)25(16-20)35-14-4-6-21-17-27-23(7-5-15-39(27)30(21)43-31(32,33)34)37-24-11-9-22-10-12-26(24)38(22)2/h5,7-8,13,15-17,19,22,24,26,35,37,40H,9-12,14,18H2,1-3H3,(H,36,41)/t19-,22-,24-,26-/m1/s1. The van der Waals surface area contributed by atoms with Crippen molar-refractivity contribution in [2.75, 3.05) is 37.9 Å². The van der Waals surface area contributed by atoms with Crippen LogP contribution in [0.1, 0.15) is 48.5 Å². The van der Waals surface area contributed by atoms with Gasteiger partial charge in [-0.05, 0) is 6.92 Å². The molecule has 8 nitrogen and oxygen atoms in total. The number of nitrogens with one attached hydrogen (secondary N) is 3. The number of amides is 1. The Kier molecular flexibility index (Phi) is 9.47. The van der Waals surface area contributed by atoms with Crippen LogP contribution in [0.25, 0.3) is 5.52 Å². The van der Waals surface area contributed by atoms with E-state index in [1.54, 1.807) is 47.9 Å². The number of fused-ring (bicyclic) bond motifs is 3. The number of ether oxygens (including phenoxy) is 1. The van der Waals surface area contributed by atoms with Crippen molar-refractivity contribution in [2.24, 2.45) is 0 Å². The number of carbonyl (C=O) groups is 1. The normalized spacial score (nSPS) is 20.8. The molecule has 0 unspecified atom stereocenters. The Labute approximate surface area is 255 Å². The number of benzene rings is 1. The molecule has 4 atom stereocenters. The van der Waals surface area contributed by atoms with Crippen molar-refractivity contribution in [1.82, 2.24) is 14.6 Å². The number of alkyl halides is 3. The number of aliphatic hydroxyl groups excluding tert-OH is 1. The SMILES string of the molecule is COc1ccc(C(=O)NC[C@@H](C)O)cc1NCC#Cc1cc2c(N[C@@H]3CC[C@@H]4CC[C@H]3N4C)cccn2c1[Se]C(F)(F)F. The first kappa shape index (κ1) is 31.1. The van der Waals surface area contributed by atoms with E-state index in [0.29, 0.717) is 40.2 Å². The quantitative estimate of drug-likeness (QED) is 0.208. The molecule has 0 spiro atoms. The van der Waals surface area contributed by atoms with Gasteiger partial charge in [0.15, 0.2) is 0 Å². The first-order valence-electron chi connectivity index (χ1n) is 14.3. The topological polar surface area (TPSA) is 90.3 Å². The number of piperidine rings is 1. The summed E-state index contributed by atoms with van der Waals surface area (Å²) in [5, 5.41) is 14.5. The first-order valence-corrected chi connectivity index (χ1v) is 16.0. The molecule has 43 heavy (non-hydrogen) atoms. The average Bonchev–Trinajstić information content (AvgIpc) is 3.42. The molecule has 2 saturated heterocycles. The number of anilines is 2. The molecule has 2 bridgehead atoms. The monoisotopic (exact) mass is 663 g/mol. The Bertz CT molecular complexity index is 1530. The fraction of sp³-hybridized carbons (Fsp3) is 0.452. The third-order valence-electron chi connectivity index (χ3n) is 8.10. The summed E-state index contributed by atoms with van der Waals surface area (Å²) in [4.78, 5) is 14.9. The Balaban J connectivity index is 1.38. The van der Waals surface area contributed by atoms with Crippen LogP contribution in [-0.2, 0) is 0 Å². The number of pyridine rings is 1. The van der Waals surface area contributed by atoms with Gasteiger partial charge in [-0.2, -0.15) is 0 Å². The van der Waals surface area contributed by atoms with Crippen molar-refractivity contribution >= 4 is 42.3 Å². The molecule has 12 heteroatoms. The second-order valence-electron chi connectivity index (χ2n) is 11.0. The third kappa shape index (κ3) is 7.24. The number of likely N-dealkylation sites (N-methyl/N-ethyl adjacent to an activating group) is 1. The molecular weight excluding hydrogens is 626 g/mol. The van der Waals surface area contributed by atoms with Gasteiger partial charge in [0.05, 0.1) is 6.10 Å². The summed E-state index contributed by atoms with van der Waals surface area (Å²) in [6.07, 6.45) is 5.44. The fourth-order valence-corrected chi connectivity index (χ4v) is 7.48. The van der Waals surface area contributed by atoms with Gasteiger partial charge < -0.3 is 5.11 Å². The van der Waals surface area contributed by atoms with Crippen LogP contribution in [0.3, 0.4) is 0 Å². The zero-order valence-electron chi connectivity index (χ0n) is 24.3. The molecule has 1 amide bonds. The molecule has 2 aliphatic heterocycles. The second-order valence-corrected chi connectivity index (χ2v) is 13.2. The van der Waals surface area contributed by atoms with Crippen molar-refractivity contribution in [2.45, 2.75) is 61.9 Å². The summed E-state index contributed by atoms with van der Waals surface area (Å²) in [6, 6.07) is 11.6. The molecular formula is C31H36F3N5O3Se. The van der Waals surface area contributed by atoms with Crippen LogP contribution in [0.4, 0.5) is 24.5 Å². The maximum atomic E-state index is 13.7. The number of halogens is 3. The molecule has 4 heterocycles. The molecule has 1 aromatic carbocycles. The van der Waals surface area contributed by atoms with Crippen LogP contribution < -0.4 is 25.3 Å². The zero-order valence-corrected chi connectivity index (χ0v) is 26.0. The van der Waals surface area contributed by atoms with Gasteiger partial charge in [0.2, 0.25) is 0 Å². The summed E-state index contributed by atoms with van der Waals surface area (Å²) < 4.78 is 48.3. The Hall–Kier alpha value is -3.36. The Morgan fingerprint density at radius 2 is 1.98 bits per heavy atom. The van der Waals surface area contributed by atoms with Crippen molar-refractivity contribution in [3.05, 3.63) is 53.7 Å². The zero-order chi connectivity index (χ0) is 30.7. The van der Waals surface area contributed by atoms with Crippen molar-refractivity contribution < 1.29 is 27.8 Å². The number of aliphatic hydroxyl groups is 1. The van der Waals surface area contributed by atoms with Gasteiger partial charge in [-0.15, -0.1) is 0 Å². The third-order valence-corrected chi connectivity index (χ3v) is 9.86. The van der Waals surface area contributed by atoms with E-state index in [2.05, 4.69) is 39.7 Å². The van der Waals surface area contributed by atoms with Crippen LogP contribution in [0.5, 0.6) is 5.75 Å². The predicted octanol–water partition coefficient (Wildman–Crippen LogP) is 3.41. The molecule has 5 rings (SSSR count). The molecule has 230 valence electrons. The molecule has 2 aliphatic rings. The number of aromatic nitrogens is 1. The number of nitrogens with zero attached hydrogens (tertiary/aromatic N) is 2. The van der Waals surface area contributed by atoms with Gasteiger partial charge in [-0.1, -0.05) is 0 Å². The summed E-state index contributed by atoms with van der Waals surface area (Å²) in [5.74, 6) is 6.06. The summed E-state index contributed by atoms with van der Waals surface area (Å²) >= 11 is -1.80.